The van der Waals surface area contributed by atoms with Gasteiger partial charge in [-0.05, 0) is 25.0 Å². The van der Waals surface area contributed by atoms with Crippen molar-refractivity contribution >= 4 is 23.3 Å². The number of hydrogen-bond donors (Lipinski definition) is 1. The zero-order chi connectivity index (χ0) is 16.1. The van der Waals surface area contributed by atoms with Gasteiger partial charge in [0.05, 0.1) is 12.2 Å². The van der Waals surface area contributed by atoms with Gasteiger partial charge in [-0.1, -0.05) is 36.7 Å². The molecule has 2 rings (SSSR count). The van der Waals surface area contributed by atoms with Crippen LogP contribution in [0, 0.1) is 6.92 Å². The van der Waals surface area contributed by atoms with Crippen molar-refractivity contribution in [1.82, 2.24) is 9.78 Å². The highest BCUT2D eigenvalue weighted by molar-refractivity contribution is 6.31. The number of carbonyl (C=O) groups is 1. The standard InChI is InChI=1S/C16H20ClN3O2/c1-4-14(22-3)16(21)18-15-9-11(2)19-20(15)10-12-7-5-6-8-13(12)17/h5-9,14H,4,10H2,1-3H3,(H,18,21). The molecule has 0 bridgehead atoms. The highest BCUT2D eigenvalue weighted by Gasteiger charge is 2.18. The van der Waals surface area contributed by atoms with Gasteiger partial charge >= 0.3 is 0 Å². The van der Waals surface area contributed by atoms with Crippen LogP contribution in [0.3, 0.4) is 0 Å². The maximum atomic E-state index is 12.2. The highest BCUT2D eigenvalue weighted by atomic mass is 35.5. The molecule has 5 nitrogen and oxygen atoms in total. The largest absolute Gasteiger partial charge is 0.372 e. The molecular formula is C16H20ClN3O2. The Hall–Kier alpha value is -1.85. The van der Waals surface area contributed by atoms with Crippen LogP contribution in [0.1, 0.15) is 24.6 Å². The Kier molecular flexibility index (Phi) is 5.57. The molecule has 0 aliphatic rings. The van der Waals surface area contributed by atoms with Crippen molar-refractivity contribution in [3.8, 4) is 0 Å². The summed E-state index contributed by atoms with van der Waals surface area (Å²) in [5, 5.41) is 7.96. The van der Waals surface area contributed by atoms with Gasteiger partial charge in [-0.2, -0.15) is 5.10 Å². The molecule has 1 N–H and O–H groups in total. The molecule has 6 heteroatoms. The second-order valence-corrected chi connectivity index (χ2v) is 5.45. The molecule has 2 aromatic rings. The van der Waals surface area contributed by atoms with Gasteiger partial charge in [0.15, 0.2) is 0 Å². The van der Waals surface area contributed by atoms with Gasteiger partial charge in [0.1, 0.15) is 11.9 Å². The van der Waals surface area contributed by atoms with Crippen LogP contribution < -0.4 is 5.32 Å². The van der Waals surface area contributed by atoms with E-state index in [0.29, 0.717) is 23.8 Å². The third-order valence-corrected chi connectivity index (χ3v) is 3.75. The van der Waals surface area contributed by atoms with Crippen molar-refractivity contribution in [2.45, 2.75) is 32.9 Å². The van der Waals surface area contributed by atoms with E-state index in [1.807, 2.05) is 44.2 Å². The summed E-state index contributed by atoms with van der Waals surface area (Å²) in [4.78, 5) is 12.2. The number of amides is 1. The van der Waals surface area contributed by atoms with E-state index in [9.17, 15) is 4.79 Å². The number of nitrogens with one attached hydrogen (secondary N) is 1. The third kappa shape index (κ3) is 3.87. The minimum absolute atomic E-state index is 0.176. The van der Waals surface area contributed by atoms with E-state index in [-0.39, 0.29) is 5.91 Å². The van der Waals surface area contributed by atoms with Crippen LogP contribution in [0.25, 0.3) is 0 Å². The molecule has 1 amide bonds. The van der Waals surface area contributed by atoms with Crippen LogP contribution in [-0.4, -0.2) is 28.9 Å². The Morgan fingerprint density at radius 1 is 1.45 bits per heavy atom. The number of hydrogen-bond acceptors (Lipinski definition) is 3. The zero-order valence-electron chi connectivity index (χ0n) is 13.0. The van der Waals surface area contributed by atoms with E-state index in [2.05, 4.69) is 10.4 Å². The van der Waals surface area contributed by atoms with E-state index < -0.39 is 6.10 Å². The molecule has 1 heterocycles. The Labute approximate surface area is 135 Å². The fourth-order valence-electron chi connectivity index (χ4n) is 2.22. The topological polar surface area (TPSA) is 56.1 Å². The molecule has 0 radical (unpaired) electrons. The number of ether oxygens (including phenoxy) is 1. The van der Waals surface area contributed by atoms with E-state index in [0.717, 1.165) is 11.3 Å². The first-order chi connectivity index (χ1) is 10.5. The summed E-state index contributed by atoms with van der Waals surface area (Å²) in [7, 11) is 1.53. The number of aromatic nitrogens is 2. The van der Waals surface area contributed by atoms with Crippen LogP contribution in [0.4, 0.5) is 5.82 Å². The van der Waals surface area contributed by atoms with Gasteiger partial charge in [-0.15, -0.1) is 0 Å². The maximum Gasteiger partial charge on any atom is 0.254 e. The van der Waals surface area contributed by atoms with E-state index in [1.165, 1.54) is 7.11 Å². The number of halogens is 1. The number of nitrogens with zero attached hydrogens (tertiary/aromatic N) is 2. The minimum atomic E-state index is -0.469. The SMILES string of the molecule is CCC(OC)C(=O)Nc1cc(C)nn1Cc1ccccc1Cl. The monoisotopic (exact) mass is 321 g/mol. The zero-order valence-corrected chi connectivity index (χ0v) is 13.7. The number of rotatable bonds is 6. The van der Waals surface area contributed by atoms with E-state index >= 15 is 0 Å². The summed E-state index contributed by atoms with van der Waals surface area (Å²) in [6.07, 6.45) is 0.143. The first-order valence-electron chi connectivity index (χ1n) is 7.16. The quantitative estimate of drug-likeness (QED) is 0.888. The molecule has 0 fully saturated rings. The Balaban J connectivity index is 2.20. The van der Waals surface area contributed by atoms with Crippen LogP contribution in [0.5, 0.6) is 0 Å². The fraction of sp³-hybridized carbons (Fsp3) is 0.375. The Morgan fingerprint density at radius 2 is 2.18 bits per heavy atom. The second-order valence-electron chi connectivity index (χ2n) is 5.04. The molecule has 0 aliphatic heterocycles. The predicted octanol–water partition coefficient (Wildman–Crippen LogP) is 3.26. The molecule has 1 aromatic carbocycles. The minimum Gasteiger partial charge on any atom is -0.372 e. The molecule has 1 unspecified atom stereocenters. The van der Waals surface area contributed by atoms with Crippen molar-refractivity contribution in [3.63, 3.8) is 0 Å². The fourth-order valence-corrected chi connectivity index (χ4v) is 2.42. The van der Waals surface area contributed by atoms with Crippen LogP contribution >= 0.6 is 11.6 Å². The summed E-state index contributed by atoms with van der Waals surface area (Å²) < 4.78 is 6.89. The Bertz CT molecular complexity index is 651. The lowest BCUT2D eigenvalue weighted by molar-refractivity contribution is -0.125. The lowest BCUT2D eigenvalue weighted by atomic mass is 10.2. The normalized spacial score (nSPS) is 12.2. The number of carbonyl (C=O) groups excluding carboxylic acids is 1. The molecule has 22 heavy (non-hydrogen) atoms. The summed E-state index contributed by atoms with van der Waals surface area (Å²) in [6.45, 7) is 4.28. The molecule has 0 saturated carbocycles. The number of aryl methyl sites for hydroxylation is 1. The van der Waals surface area contributed by atoms with Gasteiger partial charge < -0.3 is 10.1 Å². The van der Waals surface area contributed by atoms with Crippen molar-refractivity contribution in [3.05, 3.63) is 46.6 Å². The Morgan fingerprint density at radius 3 is 2.82 bits per heavy atom. The van der Waals surface area contributed by atoms with Gasteiger partial charge in [-0.3, -0.25) is 4.79 Å². The summed E-state index contributed by atoms with van der Waals surface area (Å²) in [5.41, 5.74) is 1.77. The van der Waals surface area contributed by atoms with Crippen LogP contribution in [-0.2, 0) is 16.1 Å². The third-order valence-electron chi connectivity index (χ3n) is 3.38. The van der Waals surface area contributed by atoms with Crippen molar-refractivity contribution < 1.29 is 9.53 Å². The van der Waals surface area contributed by atoms with Crippen molar-refractivity contribution in [2.24, 2.45) is 0 Å². The number of anilines is 1. The molecule has 1 atom stereocenters. The van der Waals surface area contributed by atoms with Crippen molar-refractivity contribution in [1.29, 1.82) is 0 Å². The van der Waals surface area contributed by atoms with Gasteiger partial charge in [0.2, 0.25) is 0 Å². The average molecular weight is 322 g/mol. The average Bonchev–Trinajstić information content (AvgIpc) is 2.82. The van der Waals surface area contributed by atoms with Crippen LogP contribution in [0.15, 0.2) is 30.3 Å². The summed E-state index contributed by atoms with van der Waals surface area (Å²) in [6, 6.07) is 9.41. The van der Waals surface area contributed by atoms with Gasteiger partial charge in [0, 0.05) is 18.2 Å². The maximum absolute atomic E-state index is 12.2. The van der Waals surface area contributed by atoms with E-state index in [1.54, 1.807) is 4.68 Å². The summed E-state index contributed by atoms with van der Waals surface area (Å²) >= 11 is 6.19. The molecular weight excluding hydrogens is 302 g/mol. The lowest BCUT2D eigenvalue weighted by Crippen LogP contribution is -2.29. The van der Waals surface area contributed by atoms with Crippen LogP contribution in [0.2, 0.25) is 5.02 Å². The van der Waals surface area contributed by atoms with Gasteiger partial charge in [-0.25, -0.2) is 4.68 Å². The van der Waals surface area contributed by atoms with Crippen molar-refractivity contribution in [2.75, 3.05) is 12.4 Å². The number of benzene rings is 1. The molecule has 1 aromatic heterocycles. The molecule has 0 aliphatic carbocycles. The predicted molar refractivity (Wildman–Crippen MR) is 87.2 cm³/mol. The molecule has 0 spiro atoms. The first-order valence-corrected chi connectivity index (χ1v) is 7.54. The smallest absolute Gasteiger partial charge is 0.254 e. The van der Waals surface area contributed by atoms with E-state index in [4.69, 9.17) is 16.3 Å². The summed E-state index contributed by atoms with van der Waals surface area (Å²) in [5.74, 6) is 0.461. The highest BCUT2D eigenvalue weighted by Crippen LogP contribution is 2.19. The lowest BCUT2D eigenvalue weighted by Gasteiger charge is -2.14. The first kappa shape index (κ1) is 16.5. The number of methoxy groups -OCH3 is 1. The van der Waals surface area contributed by atoms with Gasteiger partial charge in [0.25, 0.3) is 5.91 Å². The molecule has 0 saturated heterocycles. The molecule has 118 valence electrons. The second kappa shape index (κ2) is 7.42.